The summed E-state index contributed by atoms with van der Waals surface area (Å²) in [6.45, 7) is 12.6. The number of allylic oxidation sites excluding steroid dienone is 3. The first-order valence-corrected chi connectivity index (χ1v) is 25.9. The van der Waals surface area contributed by atoms with Gasteiger partial charge in [-0.25, -0.2) is 9.59 Å². The minimum Gasteiger partial charge on any atom is -0.480 e. The second-order valence-corrected chi connectivity index (χ2v) is 19.9. The molecule has 1 aliphatic heterocycles. The Hall–Kier alpha value is -7.89. The highest BCUT2D eigenvalue weighted by molar-refractivity contribution is 6.00. The van der Waals surface area contributed by atoms with E-state index >= 15 is 0 Å². The molecule has 2 aliphatic rings. The molecule has 1 aromatic rings. The Morgan fingerprint density at radius 3 is 2.05 bits per heavy atom. The number of nitrogens with one attached hydrogen (secondary N) is 6. The molecule has 0 bridgehead atoms. The summed E-state index contributed by atoms with van der Waals surface area (Å²) in [5.41, 5.74) is 12.1. The molecular formula is C54H78N10O14. The maximum absolute atomic E-state index is 14.5. The van der Waals surface area contributed by atoms with Crippen LogP contribution in [0.25, 0.3) is 0 Å². The predicted molar refractivity (Wildman–Crippen MR) is 287 cm³/mol. The van der Waals surface area contributed by atoms with Crippen LogP contribution in [0.1, 0.15) is 98.5 Å². The molecule has 1 saturated heterocycles. The van der Waals surface area contributed by atoms with Crippen LogP contribution in [0.15, 0.2) is 83.6 Å². The molecule has 7 amide bonds. The van der Waals surface area contributed by atoms with Gasteiger partial charge in [0.2, 0.25) is 35.4 Å². The van der Waals surface area contributed by atoms with Gasteiger partial charge in [-0.3, -0.25) is 43.3 Å². The average Bonchev–Trinajstić information content (AvgIpc) is 3.38. The second-order valence-electron chi connectivity index (χ2n) is 19.9. The first-order valence-electron chi connectivity index (χ1n) is 25.9. The number of amides is 7. The minimum absolute atomic E-state index is 0.0801. The van der Waals surface area contributed by atoms with Crippen LogP contribution >= 0.6 is 0 Å². The SMILES string of the molecule is C=C1C(=O)NC(C)C(=O)NC(CC2C=CC(O)CC2)C(=O)NC(C(=O)O)C(C)C(=O)NC(CCCCN=C(N)N)C(=O)NC(C=CC(C)=CC(C)C(Cc2ccccc2)OC(C)=O)C(C)C(=O)NC(C(=O)O)CCC(=O)N1C. The fourth-order valence-electron chi connectivity index (χ4n) is 8.58. The van der Waals surface area contributed by atoms with Crippen molar-refractivity contribution >= 4 is 65.2 Å². The third-order valence-electron chi connectivity index (χ3n) is 13.5. The van der Waals surface area contributed by atoms with Crippen molar-refractivity contribution in [3.8, 4) is 0 Å². The molecule has 0 radical (unpaired) electrons. The second kappa shape index (κ2) is 31.4. The van der Waals surface area contributed by atoms with Crippen molar-refractivity contribution in [3.63, 3.8) is 0 Å². The Labute approximate surface area is 454 Å². The lowest BCUT2D eigenvalue weighted by Gasteiger charge is -2.29. The summed E-state index contributed by atoms with van der Waals surface area (Å²) in [6, 6.07) is 0.261. The summed E-state index contributed by atoms with van der Waals surface area (Å²) in [6.07, 6.45) is 7.22. The average molecular weight is 1090 g/mol. The van der Waals surface area contributed by atoms with E-state index in [0.29, 0.717) is 31.3 Å². The zero-order chi connectivity index (χ0) is 58.4. The zero-order valence-electron chi connectivity index (χ0n) is 45.4. The van der Waals surface area contributed by atoms with Crippen molar-refractivity contribution in [2.24, 2.45) is 40.1 Å². The van der Waals surface area contributed by atoms with Gasteiger partial charge in [-0.15, -0.1) is 0 Å². The van der Waals surface area contributed by atoms with Crippen LogP contribution in [0.5, 0.6) is 0 Å². The quantitative estimate of drug-likeness (QED) is 0.0205. The number of nitrogens with two attached hydrogens (primary N) is 2. The van der Waals surface area contributed by atoms with E-state index in [2.05, 4.69) is 43.5 Å². The lowest BCUT2D eigenvalue weighted by Crippen LogP contribution is -2.59. The van der Waals surface area contributed by atoms with Crippen LogP contribution in [0, 0.1) is 23.7 Å². The number of carboxylic acid groups (broad SMARTS) is 2. The molecule has 0 aromatic heterocycles. The fourth-order valence-corrected chi connectivity index (χ4v) is 8.58. The number of ether oxygens (including phenoxy) is 1. The van der Waals surface area contributed by atoms with Gasteiger partial charge in [0.1, 0.15) is 42.0 Å². The summed E-state index contributed by atoms with van der Waals surface area (Å²) >= 11 is 0. The normalized spacial score (nSPS) is 26.8. The van der Waals surface area contributed by atoms with Gasteiger partial charge in [-0.1, -0.05) is 93.6 Å². The summed E-state index contributed by atoms with van der Waals surface area (Å²) < 4.78 is 5.69. The Bertz CT molecular complexity index is 2460. The summed E-state index contributed by atoms with van der Waals surface area (Å²) in [5.74, 6) is -13.8. The van der Waals surface area contributed by atoms with E-state index in [4.69, 9.17) is 16.2 Å². The molecule has 24 nitrogen and oxygen atoms in total. The largest absolute Gasteiger partial charge is 0.480 e. The van der Waals surface area contributed by atoms with Crippen molar-refractivity contribution in [3.05, 3.63) is 84.1 Å². The molecule has 0 saturated carbocycles. The molecule has 12 atom stereocenters. The number of aliphatic carboxylic acids is 2. The van der Waals surface area contributed by atoms with Crippen molar-refractivity contribution in [1.82, 2.24) is 36.8 Å². The Kier molecular flexibility index (Phi) is 25.9. The lowest BCUT2D eigenvalue weighted by molar-refractivity contribution is -0.148. The van der Waals surface area contributed by atoms with Gasteiger partial charge >= 0.3 is 17.9 Å². The van der Waals surface area contributed by atoms with Crippen molar-refractivity contribution < 1.29 is 68.0 Å². The van der Waals surface area contributed by atoms with Gasteiger partial charge in [0, 0.05) is 39.3 Å². The lowest BCUT2D eigenvalue weighted by atomic mass is 9.88. The van der Waals surface area contributed by atoms with Crippen LogP contribution in [0.4, 0.5) is 0 Å². The molecule has 24 heteroatoms. The van der Waals surface area contributed by atoms with Crippen molar-refractivity contribution in [1.29, 1.82) is 0 Å². The molecule has 1 fully saturated rings. The first kappa shape index (κ1) is 64.4. The Morgan fingerprint density at radius 2 is 1.45 bits per heavy atom. The third-order valence-corrected chi connectivity index (χ3v) is 13.5. The maximum atomic E-state index is 14.5. The van der Waals surface area contributed by atoms with Gasteiger partial charge in [-0.05, 0) is 70.3 Å². The number of aliphatic hydroxyl groups is 1. The molecule has 3 rings (SSSR count). The Balaban J connectivity index is 2.15. The number of hydrogen-bond donors (Lipinski definition) is 11. The molecule has 13 N–H and O–H groups in total. The number of carbonyl (C=O) groups is 10. The number of rotatable bonds is 16. The summed E-state index contributed by atoms with van der Waals surface area (Å²) in [7, 11) is 1.19. The molecule has 1 heterocycles. The fraction of sp³-hybridized carbons (Fsp3) is 0.537. The van der Waals surface area contributed by atoms with E-state index < -0.39 is 138 Å². The van der Waals surface area contributed by atoms with Crippen LogP contribution in [-0.2, 0) is 59.1 Å². The molecule has 428 valence electrons. The molecule has 1 aromatic carbocycles. The molecule has 1 aliphatic carbocycles. The van der Waals surface area contributed by atoms with E-state index in [0.717, 1.165) is 10.5 Å². The number of guanidine groups is 1. The van der Waals surface area contributed by atoms with Crippen LogP contribution in [0.3, 0.4) is 0 Å². The van der Waals surface area contributed by atoms with E-state index in [9.17, 15) is 63.3 Å². The topological polar surface area (TPSA) is 380 Å². The molecule has 78 heavy (non-hydrogen) atoms. The van der Waals surface area contributed by atoms with Gasteiger partial charge in [0.05, 0.1) is 24.0 Å². The number of esters is 1. The van der Waals surface area contributed by atoms with E-state index in [-0.39, 0.29) is 43.6 Å². The van der Waals surface area contributed by atoms with Crippen LogP contribution < -0.4 is 43.4 Å². The number of aliphatic imine (C=N–C) groups is 1. The number of carboxylic acids is 2. The van der Waals surface area contributed by atoms with E-state index in [1.165, 1.54) is 46.9 Å². The monoisotopic (exact) mass is 1090 g/mol. The number of hydrogen-bond acceptors (Lipinski definition) is 13. The number of benzene rings is 1. The molecule has 12 unspecified atom stereocenters. The van der Waals surface area contributed by atoms with Gasteiger partial charge in [-0.2, -0.15) is 0 Å². The number of nitrogens with zero attached hydrogens (tertiary/aromatic N) is 2. The summed E-state index contributed by atoms with van der Waals surface area (Å²) in [5, 5.41) is 45.9. The van der Waals surface area contributed by atoms with Crippen LogP contribution in [0.2, 0.25) is 0 Å². The van der Waals surface area contributed by atoms with E-state index in [1.54, 1.807) is 19.1 Å². The van der Waals surface area contributed by atoms with Crippen molar-refractivity contribution in [2.75, 3.05) is 13.6 Å². The number of carbonyl (C=O) groups excluding carboxylic acids is 8. The molecule has 0 spiro atoms. The maximum Gasteiger partial charge on any atom is 0.327 e. The van der Waals surface area contributed by atoms with E-state index in [1.807, 2.05) is 43.3 Å². The predicted octanol–water partition coefficient (Wildman–Crippen LogP) is 0.596. The zero-order valence-corrected chi connectivity index (χ0v) is 45.4. The standard InChI is InChI=1S/C54H78N10O14/c1-29(26-30(2)43(78-35(7)65)28-36-14-10-9-11-15-36)17-22-39-31(3)46(68)61-41(52(74)75)23-24-44(67)64(8)34(6)49(71)58-33(5)48(70)62-42(27-37-18-20-38(66)21-19-37)51(73)63-45(53(76)77)32(4)47(69)60-40(50(72)59-39)16-12-13-25-57-54(55)56/h9-11,14-15,17-18,20,22,26,30-33,37-43,45,66H,6,12-13,16,19,21,23-25,27-28H2,1-5,7-8H3,(H,58,71)(H,59,72)(H,60,69)(H,61,68)(H,62,70)(H,63,73)(H,74,75)(H,76,77)(H4,55,56,57). The first-order chi connectivity index (χ1) is 36.7. The van der Waals surface area contributed by atoms with Gasteiger partial charge in [0.25, 0.3) is 5.91 Å². The minimum atomic E-state index is -1.94. The van der Waals surface area contributed by atoms with Crippen molar-refractivity contribution in [2.45, 2.75) is 148 Å². The number of aliphatic hydroxyl groups excluding tert-OH is 1. The van der Waals surface area contributed by atoms with Gasteiger partial charge < -0.3 is 68.3 Å². The highest BCUT2D eigenvalue weighted by atomic mass is 16.5. The number of unbranched alkanes of at least 4 members (excludes halogenated alkanes) is 1. The Morgan fingerprint density at radius 1 is 0.808 bits per heavy atom. The highest BCUT2D eigenvalue weighted by Gasteiger charge is 2.38. The number of likely N-dealkylation sites (N-methyl/N-ethyl adjacent to an activating group) is 1. The van der Waals surface area contributed by atoms with Crippen LogP contribution in [-0.4, -0.2) is 147 Å². The highest BCUT2D eigenvalue weighted by Crippen LogP contribution is 2.24. The molecular weight excluding hydrogens is 1010 g/mol. The smallest absolute Gasteiger partial charge is 0.327 e. The van der Waals surface area contributed by atoms with Gasteiger partial charge in [0.15, 0.2) is 5.96 Å². The third kappa shape index (κ3) is 21.3. The summed E-state index contributed by atoms with van der Waals surface area (Å²) in [4.78, 5) is 140.